The van der Waals surface area contributed by atoms with Crippen molar-refractivity contribution in [3.05, 3.63) is 0 Å². The Morgan fingerprint density at radius 1 is 0.824 bits per heavy atom. The van der Waals surface area contributed by atoms with Crippen molar-refractivity contribution < 1.29 is 18.3 Å². The van der Waals surface area contributed by atoms with Crippen LogP contribution in [0.25, 0.3) is 0 Å². The van der Waals surface area contributed by atoms with E-state index in [4.69, 9.17) is 0 Å². The van der Waals surface area contributed by atoms with E-state index in [2.05, 4.69) is 41.5 Å². The maximum atomic E-state index is 14.4. The van der Waals surface area contributed by atoms with E-state index in [0.717, 1.165) is 70.6 Å². The van der Waals surface area contributed by atoms with Crippen LogP contribution in [0.1, 0.15) is 125 Å². The van der Waals surface area contributed by atoms with Gasteiger partial charge in [-0.15, -0.1) is 0 Å². The highest BCUT2D eigenvalue weighted by molar-refractivity contribution is 5.15. The Morgan fingerprint density at radius 3 is 2.09 bits per heavy atom. The average molecular weight is 485 g/mol. The Morgan fingerprint density at radius 2 is 1.47 bits per heavy atom. The predicted octanol–water partition coefficient (Wildman–Crippen LogP) is 9.18. The van der Waals surface area contributed by atoms with E-state index in [1.165, 1.54) is 0 Å². The van der Waals surface area contributed by atoms with E-state index in [9.17, 15) is 18.3 Å². The van der Waals surface area contributed by atoms with Crippen LogP contribution in [0.5, 0.6) is 0 Å². The van der Waals surface area contributed by atoms with E-state index in [-0.39, 0.29) is 22.2 Å². The van der Waals surface area contributed by atoms with Gasteiger partial charge in [0.25, 0.3) is 0 Å². The number of fused-ring (bicyclic) bond motifs is 5. The van der Waals surface area contributed by atoms with Gasteiger partial charge in [-0.1, -0.05) is 54.4 Å². The lowest BCUT2D eigenvalue weighted by Gasteiger charge is -2.67. The highest BCUT2D eigenvalue weighted by atomic mass is 19.4. The van der Waals surface area contributed by atoms with Gasteiger partial charge < -0.3 is 5.11 Å². The van der Waals surface area contributed by atoms with E-state index in [0.29, 0.717) is 36.5 Å². The van der Waals surface area contributed by atoms with Crippen molar-refractivity contribution in [2.75, 3.05) is 0 Å². The van der Waals surface area contributed by atoms with E-state index in [1.54, 1.807) is 0 Å². The quantitative estimate of drug-likeness (QED) is 0.398. The van der Waals surface area contributed by atoms with Gasteiger partial charge in [0.05, 0.1) is 11.5 Å². The maximum Gasteiger partial charge on any atom is 0.392 e. The predicted molar refractivity (Wildman–Crippen MR) is 133 cm³/mol. The molecule has 1 N–H and O–H groups in total. The van der Waals surface area contributed by atoms with Crippen LogP contribution in [0.3, 0.4) is 0 Å². The molecule has 4 aliphatic carbocycles. The molecular formula is C30H51F3O. The van der Waals surface area contributed by atoms with Crippen LogP contribution < -0.4 is 0 Å². The molecule has 0 aromatic rings. The van der Waals surface area contributed by atoms with Crippen LogP contribution in [0.2, 0.25) is 0 Å². The van der Waals surface area contributed by atoms with Crippen molar-refractivity contribution in [2.45, 2.75) is 137 Å². The van der Waals surface area contributed by atoms with Crippen molar-refractivity contribution in [2.24, 2.45) is 51.8 Å². The average Bonchev–Trinajstić information content (AvgIpc) is 3.09. The fourth-order valence-electron chi connectivity index (χ4n) is 10.4. The Balaban J connectivity index is 1.58. The second kappa shape index (κ2) is 8.95. The zero-order valence-corrected chi connectivity index (χ0v) is 22.7. The van der Waals surface area contributed by atoms with Gasteiger partial charge in [-0.05, 0) is 116 Å². The lowest BCUT2D eigenvalue weighted by atomic mass is 9.38. The number of rotatable bonds is 6. The Labute approximate surface area is 207 Å². The highest BCUT2D eigenvalue weighted by Gasteiger charge is 2.67. The molecule has 0 aliphatic heterocycles. The minimum Gasteiger partial charge on any atom is -0.390 e. The molecule has 0 aromatic heterocycles. The van der Waals surface area contributed by atoms with Gasteiger partial charge in [0.15, 0.2) is 0 Å². The normalized spacial score (nSPS) is 47.7. The minimum absolute atomic E-state index is 0.142. The third kappa shape index (κ3) is 4.28. The first-order valence-electron chi connectivity index (χ1n) is 14.5. The Kier molecular flexibility index (Phi) is 7.05. The van der Waals surface area contributed by atoms with Crippen LogP contribution in [-0.2, 0) is 0 Å². The van der Waals surface area contributed by atoms with Gasteiger partial charge in [0.1, 0.15) is 0 Å². The van der Waals surface area contributed by atoms with Crippen molar-refractivity contribution in [1.82, 2.24) is 0 Å². The fourth-order valence-corrected chi connectivity index (χ4v) is 10.4. The first-order chi connectivity index (χ1) is 15.7. The van der Waals surface area contributed by atoms with Gasteiger partial charge in [-0.2, -0.15) is 13.2 Å². The lowest BCUT2D eigenvalue weighted by molar-refractivity contribution is -0.221. The van der Waals surface area contributed by atoms with Crippen LogP contribution >= 0.6 is 0 Å². The summed E-state index contributed by atoms with van der Waals surface area (Å²) in [6.07, 6.45) is 7.57. The molecule has 4 aliphatic rings. The molecule has 0 unspecified atom stereocenters. The van der Waals surface area contributed by atoms with Gasteiger partial charge in [-0.3, -0.25) is 0 Å². The zero-order valence-electron chi connectivity index (χ0n) is 22.7. The first-order valence-corrected chi connectivity index (χ1v) is 14.5. The topological polar surface area (TPSA) is 20.2 Å². The van der Waals surface area contributed by atoms with E-state index >= 15 is 0 Å². The van der Waals surface area contributed by atoms with E-state index in [1.807, 2.05) is 0 Å². The summed E-state index contributed by atoms with van der Waals surface area (Å²) in [6.45, 7) is 13.5. The molecule has 0 saturated heterocycles. The Hall–Kier alpha value is -0.250. The Bertz CT molecular complexity index is 733. The minimum atomic E-state index is -4.09. The summed E-state index contributed by atoms with van der Waals surface area (Å²) in [6, 6.07) is 0. The molecule has 0 spiro atoms. The number of aliphatic hydroxyl groups is 1. The fraction of sp³-hybridized carbons (Fsp3) is 1.00. The van der Waals surface area contributed by atoms with Crippen LogP contribution in [0, 0.1) is 51.8 Å². The molecule has 1 nitrogen and oxygen atoms in total. The summed E-state index contributed by atoms with van der Waals surface area (Å²) in [5.41, 5.74) is -0.321. The summed E-state index contributed by atoms with van der Waals surface area (Å²) < 4.78 is 43.3. The van der Waals surface area contributed by atoms with Crippen molar-refractivity contribution in [3.63, 3.8) is 0 Å². The zero-order chi connectivity index (χ0) is 25.2. The molecule has 0 radical (unpaired) electrons. The summed E-state index contributed by atoms with van der Waals surface area (Å²) in [5.74, 6) is 0.662. The highest BCUT2D eigenvalue weighted by Crippen LogP contribution is 2.74. The summed E-state index contributed by atoms with van der Waals surface area (Å²) in [4.78, 5) is 0. The summed E-state index contributed by atoms with van der Waals surface area (Å²) in [5, 5.41) is 11.1. The monoisotopic (exact) mass is 484 g/mol. The molecule has 4 fully saturated rings. The standard InChI is InChI=1S/C30H51F3O/c1-7-29(34)18-17-26(4)21(19-29)13-15-28(6)24-12-11-22(27(24,5)16-14-25(26)28)23(30(31,32)33)10-8-9-20(2)3/h20-25,34H,7-19H2,1-6H3/t21-,22+,23-,24+,25+,26-,27+,28-,29-/m0/s1. The number of hydrogen-bond donors (Lipinski definition) is 1. The second-order valence-electron chi connectivity index (χ2n) is 14.3. The molecule has 34 heavy (non-hydrogen) atoms. The molecule has 0 heterocycles. The molecule has 4 rings (SSSR count). The maximum absolute atomic E-state index is 14.4. The van der Waals surface area contributed by atoms with Gasteiger partial charge in [0, 0.05) is 0 Å². The molecule has 4 saturated carbocycles. The number of halogens is 3. The molecule has 0 bridgehead atoms. The summed E-state index contributed by atoms with van der Waals surface area (Å²) >= 11 is 0. The molecular weight excluding hydrogens is 433 g/mol. The third-order valence-electron chi connectivity index (χ3n) is 12.3. The number of hydrogen-bond acceptors (Lipinski definition) is 1. The SMILES string of the molecule is CC[C@]1(O)CC[C@@]2(C)[C@@H](CC[C@]3(C)[C@@H]2CC[C@@]2(C)[C@H]3CC[C@@H]2[C@H](CCCC(C)C)C(F)(F)F)C1. The van der Waals surface area contributed by atoms with Gasteiger partial charge in [0.2, 0.25) is 0 Å². The lowest BCUT2D eigenvalue weighted by Crippen LogP contribution is -2.60. The van der Waals surface area contributed by atoms with Crippen LogP contribution in [0.15, 0.2) is 0 Å². The van der Waals surface area contributed by atoms with Gasteiger partial charge in [-0.25, -0.2) is 0 Å². The molecule has 198 valence electrons. The van der Waals surface area contributed by atoms with Crippen LogP contribution in [0.4, 0.5) is 13.2 Å². The number of alkyl halides is 3. The molecule has 9 atom stereocenters. The van der Waals surface area contributed by atoms with Gasteiger partial charge >= 0.3 is 6.18 Å². The largest absolute Gasteiger partial charge is 0.392 e. The third-order valence-corrected chi connectivity index (χ3v) is 12.3. The molecule has 0 amide bonds. The van der Waals surface area contributed by atoms with Crippen LogP contribution in [-0.4, -0.2) is 16.9 Å². The van der Waals surface area contributed by atoms with E-state index < -0.39 is 17.7 Å². The van der Waals surface area contributed by atoms with Crippen molar-refractivity contribution >= 4 is 0 Å². The second-order valence-corrected chi connectivity index (χ2v) is 14.3. The van der Waals surface area contributed by atoms with Crippen molar-refractivity contribution in [3.8, 4) is 0 Å². The molecule has 4 heteroatoms. The van der Waals surface area contributed by atoms with Crippen molar-refractivity contribution in [1.29, 1.82) is 0 Å². The first kappa shape index (κ1) is 26.8. The smallest absolute Gasteiger partial charge is 0.390 e. The molecule has 0 aromatic carbocycles. The summed E-state index contributed by atoms with van der Waals surface area (Å²) in [7, 11) is 0.